The Balaban J connectivity index is 2.07. The van der Waals surface area contributed by atoms with E-state index < -0.39 is 16.1 Å². The van der Waals surface area contributed by atoms with Gasteiger partial charge in [0.05, 0.1) is 6.26 Å². The van der Waals surface area contributed by atoms with Crippen molar-refractivity contribution in [1.82, 2.24) is 9.21 Å². The molecule has 0 aromatic heterocycles. The van der Waals surface area contributed by atoms with Crippen molar-refractivity contribution in [3.8, 4) is 0 Å². The number of likely N-dealkylation sites (tertiary alicyclic amines) is 1. The molecule has 0 radical (unpaired) electrons. The molecule has 0 aromatic carbocycles. The first-order valence-corrected chi connectivity index (χ1v) is 9.16. The molecule has 7 heteroatoms. The summed E-state index contributed by atoms with van der Waals surface area (Å²) in [5.41, 5.74) is 5.94. The van der Waals surface area contributed by atoms with Gasteiger partial charge >= 0.3 is 0 Å². The fraction of sp³-hybridized carbons (Fsp3) is 0.923. The highest BCUT2D eigenvalue weighted by Gasteiger charge is 2.39. The number of nitrogens with two attached hydrogens (primary N) is 1. The summed E-state index contributed by atoms with van der Waals surface area (Å²) >= 11 is 0. The number of hydrogen-bond acceptors (Lipinski definition) is 4. The van der Waals surface area contributed by atoms with Gasteiger partial charge in [-0.05, 0) is 38.5 Å². The first-order valence-electron chi connectivity index (χ1n) is 7.32. The molecule has 2 fully saturated rings. The molecule has 0 unspecified atom stereocenters. The monoisotopic (exact) mass is 303 g/mol. The molecule has 0 spiro atoms. The van der Waals surface area contributed by atoms with Gasteiger partial charge in [-0.15, -0.1) is 0 Å². The molecule has 0 aromatic rings. The highest BCUT2D eigenvalue weighted by molar-refractivity contribution is 7.88. The van der Waals surface area contributed by atoms with Crippen molar-refractivity contribution in [2.45, 2.75) is 44.7 Å². The Morgan fingerprint density at radius 2 is 1.90 bits per heavy atom. The van der Waals surface area contributed by atoms with Crippen molar-refractivity contribution in [2.75, 3.05) is 25.9 Å². The summed E-state index contributed by atoms with van der Waals surface area (Å²) in [7, 11) is -3.30. The molecule has 2 aliphatic heterocycles. The molecule has 116 valence electrons. The van der Waals surface area contributed by atoms with Crippen LogP contribution in [-0.2, 0) is 14.8 Å². The van der Waals surface area contributed by atoms with Gasteiger partial charge in [0.1, 0.15) is 6.04 Å². The topological polar surface area (TPSA) is 83.7 Å². The summed E-state index contributed by atoms with van der Waals surface area (Å²) in [4.78, 5) is 14.4. The summed E-state index contributed by atoms with van der Waals surface area (Å²) in [6.07, 6.45) is 4.56. The zero-order valence-electron chi connectivity index (χ0n) is 12.3. The standard InChI is InChI=1S/C13H25N3O3S/c1-10(14)11-5-3-7-15(9-11)13(17)12-6-4-8-16(12)20(2,18)19/h10-12H,3-9,14H2,1-2H3/t10-,11+,12-/m0/s1. The van der Waals surface area contributed by atoms with Crippen molar-refractivity contribution in [2.24, 2.45) is 11.7 Å². The lowest BCUT2D eigenvalue weighted by atomic mass is 9.92. The Morgan fingerprint density at radius 1 is 1.25 bits per heavy atom. The minimum atomic E-state index is -3.30. The normalized spacial score (nSPS) is 30.4. The van der Waals surface area contributed by atoms with E-state index in [0.29, 0.717) is 25.4 Å². The van der Waals surface area contributed by atoms with Crippen LogP contribution in [0.15, 0.2) is 0 Å². The van der Waals surface area contributed by atoms with Crippen LogP contribution in [-0.4, -0.2) is 61.5 Å². The first-order chi connectivity index (χ1) is 9.30. The van der Waals surface area contributed by atoms with Gasteiger partial charge in [-0.1, -0.05) is 0 Å². The number of rotatable bonds is 3. The molecule has 6 nitrogen and oxygen atoms in total. The van der Waals surface area contributed by atoms with Gasteiger partial charge in [-0.25, -0.2) is 8.42 Å². The highest BCUT2D eigenvalue weighted by atomic mass is 32.2. The smallest absolute Gasteiger partial charge is 0.241 e. The summed E-state index contributed by atoms with van der Waals surface area (Å²) in [6, 6.07) is -0.433. The van der Waals surface area contributed by atoms with Gasteiger partial charge < -0.3 is 10.6 Å². The molecule has 0 aliphatic carbocycles. The predicted octanol–water partition coefficient (Wildman–Crippen LogP) is -0.00380. The third-order valence-electron chi connectivity index (χ3n) is 4.43. The Kier molecular flexibility index (Phi) is 4.71. The Morgan fingerprint density at radius 3 is 2.50 bits per heavy atom. The van der Waals surface area contributed by atoms with Crippen LogP contribution in [0.4, 0.5) is 0 Å². The van der Waals surface area contributed by atoms with Gasteiger partial charge in [0.25, 0.3) is 0 Å². The minimum absolute atomic E-state index is 0.0433. The van der Waals surface area contributed by atoms with E-state index in [4.69, 9.17) is 5.73 Å². The third-order valence-corrected chi connectivity index (χ3v) is 5.72. The van der Waals surface area contributed by atoms with Crippen molar-refractivity contribution < 1.29 is 13.2 Å². The number of carbonyl (C=O) groups excluding carboxylic acids is 1. The molecule has 2 saturated heterocycles. The zero-order valence-corrected chi connectivity index (χ0v) is 13.1. The fourth-order valence-electron chi connectivity index (χ4n) is 3.23. The molecule has 20 heavy (non-hydrogen) atoms. The molecule has 1 amide bonds. The average molecular weight is 303 g/mol. The van der Waals surface area contributed by atoms with Gasteiger partial charge in [0.15, 0.2) is 0 Å². The lowest BCUT2D eigenvalue weighted by Gasteiger charge is -2.37. The molecule has 2 aliphatic rings. The quantitative estimate of drug-likeness (QED) is 0.795. The molecular formula is C13H25N3O3S. The average Bonchev–Trinajstić information content (AvgIpc) is 2.87. The minimum Gasteiger partial charge on any atom is -0.341 e. The van der Waals surface area contributed by atoms with Gasteiger partial charge in [0.2, 0.25) is 15.9 Å². The number of hydrogen-bond donors (Lipinski definition) is 1. The van der Waals surface area contributed by atoms with E-state index in [1.165, 1.54) is 10.6 Å². The SMILES string of the molecule is C[C@H](N)[C@@H]1CCCN(C(=O)[C@@H]2CCCN2S(C)(=O)=O)C1. The Bertz CT molecular complexity index is 463. The maximum atomic E-state index is 12.6. The van der Waals surface area contributed by atoms with Crippen LogP contribution in [0.1, 0.15) is 32.6 Å². The molecule has 3 atom stereocenters. The molecule has 2 rings (SSSR count). The Labute approximate surface area is 121 Å². The fourth-order valence-corrected chi connectivity index (χ4v) is 4.35. The third kappa shape index (κ3) is 3.32. The zero-order chi connectivity index (χ0) is 14.9. The van der Waals surface area contributed by atoms with E-state index in [9.17, 15) is 13.2 Å². The van der Waals surface area contributed by atoms with Crippen LogP contribution in [0.25, 0.3) is 0 Å². The Hall–Kier alpha value is -0.660. The maximum Gasteiger partial charge on any atom is 0.241 e. The van der Waals surface area contributed by atoms with E-state index in [1.54, 1.807) is 0 Å². The summed E-state index contributed by atoms with van der Waals surface area (Å²) < 4.78 is 24.8. The largest absolute Gasteiger partial charge is 0.341 e. The maximum absolute atomic E-state index is 12.6. The van der Waals surface area contributed by atoms with E-state index >= 15 is 0 Å². The molecule has 0 bridgehead atoms. The van der Waals surface area contributed by atoms with Crippen molar-refractivity contribution in [3.05, 3.63) is 0 Å². The van der Waals surface area contributed by atoms with E-state index in [-0.39, 0.29) is 11.9 Å². The van der Waals surface area contributed by atoms with Crippen LogP contribution in [0.2, 0.25) is 0 Å². The molecule has 0 saturated carbocycles. The first kappa shape index (κ1) is 15.7. The number of amides is 1. The van der Waals surface area contributed by atoms with E-state index in [1.807, 2.05) is 11.8 Å². The highest BCUT2D eigenvalue weighted by Crippen LogP contribution is 2.25. The summed E-state index contributed by atoms with van der Waals surface area (Å²) in [5, 5.41) is 0. The van der Waals surface area contributed by atoms with Gasteiger partial charge in [-0.2, -0.15) is 4.31 Å². The van der Waals surface area contributed by atoms with Gasteiger partial charge in [-0.3, -0.25) is 4.79 Å². The number of nitrogens with zero attached hydrogens (tertiary/aromatic N) is 2. The number of carbonyl (C=O) groups is 1. The summed E-state index contributed by atoms with van der Waals surface area (Å²) in [6.45, 7) is 3.80. The summed E-state index contributed by atoms with van der Waals surface area (Å²) in [5.74, 6) is 0.277. The second-order valence-corrected chi connectivity index (χ2v) is 8.01. The number of piperidine rings is 1. The van der Waals surface area contributed by atoms with Crippen LogP contribution in [0.5, 0.6) is 0 Å². The van der Waals surface area contributed by atoms with Crippen LogP contribution in [0, 0.1) is 5.92 Å². The number of sulfonamides is 1. The molecule has 2 N–H and O–H groups in total. The van der Waals surface area contributed by atoms with Crippen molar-refractivity contribution in [3.63, 3.8) is 0 Å². The van der Waals surface area contributed by atoms with Crippen LogP contribution < -0.4 is 5.73 Å². The lowest BCUT2D eigenvalue weighted by molar-refractivity contribution is -0.136. The van der Waals surface area contributed by atoms with Crippen molar-refractivity contribution >= 4 is 15.9 Å². The predicted molar refractivity (Wildman–Crippen MR) is 77.5 cm³/mol. The molecular weight excluding hydrogens is 278 g/mol. The van der Waals surface area contributed by atoms with Crippen LogP contribution >= 0.6 is 0 Å². The van der Waals surface area contributed by atoms with E-state index in [0.717, 1.165) is 25.8 Å². The second-order valence-electron chi connectivity index (χ2n) is 6.08. The van der Waals surface area contributed by atoms with Crippen LogP contribution in [0.3, 0.4) is 0 Å². The molecule has 2 heterocycles. The van der Waals surface area contributed by atoms with Crippen molar-refractivity contribution in [1.29, 1.82) is 0 Å². The van der Waals surface area contributed by atoms with E-state index in [2.05, 4.69) is 0 Å². The second kappa shape index (κ2) is 5.99. The van der Waals surface area contributed by atoms with Gasteiger partial charge in [0, 0.05) is 25.7 Å². The lowest BCUT2D eigenvalue weighted by Crippen LogP contribution is -2.52.